The van der Waals surface area contributed by atoms with Crippen molar-refractivity contribution in [3.05, 3.63) is 0 Å². The van der Waals surface area contributed by atoms with Gasteiger partial charge in [0.25, 0.3) is 0 Å². The van der Waals surface area contributed by atoms with Crippen LogP contribution in [0.1, 0.15) is 51.4 Å². The lowest BCUT2D eigenvalue weighted by molar-refractivity contribution is 0.702. The predicted molar refractivity (Wildman–Crippen MR) is 51.4 cm³/mol. The molecule has 0 aromatic rings. The van der Waals surface area contributed by atoms with Gasteiger partial charge in [-0.25, -0.2) is 0 Å². The largest absolute Gasteiger partial charge is 0.0741 e. The van der Waals surface area contributed by atoms with E-state index in [1.165, 1.54) is 51.4 Å². The Balaban J connectivity index is 1.71. The zero-order valence-electron chi connectivity index (χ0n) is 7.26. The molecule has 0 atom stereocenters. The second kappa shape index (κ2) is 3.90. The average Bonchev–Trinajstić information content (AvgIpc) is 2.77. The molecule has 2 aliphatic carbocycles. The quantitative estimate of drug-likeness (QED) is 0.435. The smallest absolute Gasteiger partial charge is 0.0167 e. The summed E-state index contributed by atoms with van der Waals surface area (Å²) < 4.78 is 0. The molecule has 2 saturated carbocycles. The fourth-order valence-corrected chi connectivity index (χ4v) is 3.64. The topological polar surface area (TPSA) is 0 Å². The molecule has 0 amide bonds. The summed E-state index contributed by atoms with van der Waals surface area (Å²) in [6, 6.07) is 0. The van der Waals surface area contributed by atoms with E-state index in [1.807, 2.05) is 8.58 Å². The van der Waals surface area contributed by atoms with Gasteiger partial charge in [-0.1, -0.05) is 34.3 Å². The Bertz CT molecular complexity index is 110. The molecule has 0 aromatic heterocycles. The van der Waals surface area contributed by atoms with E-state index < -0.39 is 0 Å². The van der Waals surface area contributed by atoms with Crippen LogP contribution in [0.25, 0.3) is 0 Å². The van der Waals surface area contributed by atoms with Gasteiger partial charge < -0.3 is 0 Å². The first kappa shape index (κ1) is 8.05. The second-order valence-electron chi connectivity index (χ2n) is 4.03. The molecule has 1 heteroatoms. The Kier molecular flexibility index (Phi) is 2.85. The average molecular weight is 169 g/mol. The van der Waals surface area contributed by atoms with Crippen molar-refractivity contribution in [3.8, 4) is 0 Å². The highest BCUT2D eigenvalue weighted by Crippen LogP contribution is 2.45. The van der Waals surface area contributed by atoms with Crippen molar-refractivity contribution in [1.82, 2.24) is 0 Å². The molecule has 0 heterocycles. The lowest BCUT2D eigenvalue weighted by atomic mass is 10.2. The zero-order chi connectivity index (χ0) is 7.52. The van der Waals surface area contributed by atoms with Crippen molar-refractivity contribution >= 4 is 8.58 Å². The van der Waals surface area contributed by atoms with Gasteiger partial charge in [-0.2, -0.15) is 0 Å². The molecule has 0 bridgehead atoms. The lowest BCUT2D eigenvalue weighted by Crippen LogP contribution is -1.98. The first-order chi connectivity index (χ1) is 5.45. The third-order valence-corrected chi connectivity index (χ3v) is 4.67. The van der Waals surface area contributed by atoms with Gasteiger partial charge in [-0.15, -0.1) is 0 Å². The van der Waals surface area contributed by atoms with Crippen molar-refractivity contribution in [1.29, 1.82) is 0 Å². The third-order valence-electron chi connectivity index (χ3n) is 2.79. The van der Waals surface area contributed by atoms with Crippen LogP contribution in [0.5, 0.6) is 0 Å². The minimum absolute atomic E-state index is 1.10. The van der Waals surface area contributed by atoms with E-state index in [-0.39, 0.29) is 0 Å². The highest BCUT2D eigenvalue weighted by molar-refractivity contribution is 7.40. The second-order valence-corrected chi connectivity index (χ2v) is 5.78. The summed E-state index contributed by atoms with van der Waals surface area (Å²) in [5, 5.41) is 0. The van der Waals surface area contributed by atoms with Crippen LogP contribution in [0.2, 0.25) is 0 Å². The van der Waals surface area contributed by atoms with Crippen molar-refractivity contribution in [2.24, 2.45) is 0 Å². The fourth-order valence-electron chi connectivity index (χ4n) is 1.93. The molecule has 0 saturated heterocycles. The van der Waals surface area contributed by atoms with Crippen LogP contribution >= 0.6 is 8.58 Å². The summed E-state index contributed by atoms with van der Waals surface area (Å²) in [7, 11) is 1.82. The van der Waals surface area contributed by atoms with Gasteiger partial charge in [0, 0.05) is 0 Å². The summed E-state index contributed by atoms with van der Waals surface area (Å²) in [5.41, 5.74) is 2.24. The maximum atomic E-state index is 1.82. The van der Waals surface area contributed by atoms with Gasteiger partial charge in [0.2, 0.25) is 0 Å². The van der Waals surface area contributed by atoms with E-state index >= 15 is 0 Å². The van der Waals surface area contributed by atoms with Crippen LogP contribution in [0.15, 0.2) is 0 Å². The SMILES string of the molecule is C1CCCC([P]C2CC2)CC1. The van der Waals surface area contributed by atoms with Gasteiger partial charge in [0.05, 0.1) is 0 Å². The van der Waals surface area contributed by atoms with Crippen LogP contribution in [-0.2, 0) is 0 Å². The standard InChI is InChI=1S/C10H18P/c1-2-4-6-9(5-3-1)11-10-7-8-10/h9-10H,1-8H2. The first-order valence-corrected chi connectivity index (χ1v) is 6.18. The van der Waals surface area contributed by atoms with Gasteiger partial charge in [-0.3, -0.25) is 0 Å². The van der Waals surface area contributed by atoms with Crippen LogP contribution in [0.3, 0.4) is 0 Å². The van der Waals surface area contributed by atoms with Crippen molar-refractivity contribution < 1.29 is 0 Å². The summed E-state index contributed by atoms with van der Waals surface area (Å²) in [5.74, 6) is 0. The van der Waals surface area contributed by atoms with Gasteiger partial charge in [0.15, 0.2) is 0 Å². The molecular formula is C10H18P. The van der Waals surface area contributed by atoms with E-state index in [0.717, 1.165) is 11.3 Å². The maximum Gasteiger partial charge on any atom is -0.0167 e. The molecule has 2 fully saturated rings. The van der Waals surface area contributed by atoms with Gasteiger partial charge in [-0.05, 0) is 37.0 Å². The summed E-state index contributed by atoms with van der Waals surface area (Å²) in [6.07, 6.45) is 12.2. The van der Waals surface area contributed by atoms with Crippen molar-refractivity contribution in [2.45, 2.75) is 62.7 Å². The molecule has 0 N–H and O–H groups in total. The number of rotatable bonds is 2. The molecule has 63 valence electrons. The van der Waals surface area contributed by atoms with E-state index in [0.29, 0.717) is 0 Å². The Morgan fingerprint density at radius 3 is 1.73 bits per heavy atom. The lowest BCUT2D eigenvalue weighted by Gasteiger charge is -2.11. The van der Waals surface area contributed by atoms with Gasteiger partial charge in [0.1, 0.15) is 0 Å². The Labute approximate surface area is 71.9 Å². The third kappa shape index (κ3) is 2.75. The summed E-state index contributed by atoms with van der Waals surface area (Å²) in [6.45, 7) is 0. The minimum Gasteiger partial charge on any atom is -0.0741 e. The molecule has 0 nitrogen and oxygen atoms in total. The monoisotopic (exact) mass is 169 g/mol. The minimum atomic E-state index is 1.10. The Morgan fingerprint density at radius 2 is 1.18 bits per heavy atom. The van der Waals surface area contributed by atoms with E-state index in [4.69, 9.17) is 0 Å². The summed E-state index contributed by atoms with van der Waals surface area (Å²) >= 11 is 0. The predicted octanol–water partition coefficient (Wildman–Crippen LogP) is 3.82. The first-order valence-electron chi connectivity index (χ1n) is 5.15. The normalized spacial score (nSPS) is 29.5. The zero-order valence-corrected chi connectivity index (χ0v) is 8.15. The summed E-state index contributed by atoms with van der Waals surface area (Å²) in [4.78, 5) is 0. The number of hydrogen-bond acceptors (Lipinski definition) is 0. The highest BCUT2D eigenvalue weighted by atomic mass is 31.1. The number of hydrogen-bond donors (Lipinski definition) is 0. The highest BCUT2D eigenvalue weighted by Gasteiger charge is 2.26. The van der Waals surface area contributed by atoms with E-state index in [9.17, 15) is 0 Å². The Morgan fingerprint density at radius 1 is 0.636 bits per heavy atom. The van der Waals surface area contributed by atoms with E-state index in [1.54, 1.807) is 0 Å². The van der Waals surface area contributed by atoms with E-state index in [2.05, 4.69) is 0 Å². The van der Waals surface area contributed by atoms with Crippen LogP contribution in [-0.4, -0.2) is 11.3 Å². The molecule has 0 aliphatic heterocycles. The molecule has 2 rings (SSSR count). The van der Waals surface area contributed by atoms with Crippen molar-refractivity contribution in [2.75, 3.05) is 0 Å². The van der Waals surface area contributed by atoms with Crippen molar-refractivity contribution in [3.63, 3.8) is 0 Å². The molecule has 1 radical (unpaired) electrons. The molecule has 0 aromatic carbocycles. The Hall–Kier alpha value is 0.430. The van der Waals surface area contributed by atoms with Crippen LogP contribution < -0.4 is 0 Å². The molecule has 0 unspecified atom stereocenters. The van der Waals surface area contributed by atoms with Crippen LogP contribution in [0, 0.1) is 0 Å². The fraction of sp³-hybridized carbons (Fsp3) is 1.00. The van der Waals surface area contributed by atoms with Gasteiger partial charge >= 0.3 is 0 Å². The molecule has 0 spiro atoms. The molecular weight excluding hydrogens is 151 g/mol. The van der Waals surface area contributed by atoms with Crippen LogP contribution in [0.4, 0.5) is 0 Å². The molecule has 2 aliphatic rings. The maximum absolute atomic E-state index is 1.82. The molecule has 11 heavy (non-hydrogen) atoms.